The molecule has 0 aromatic heterocycles. The highest BCUT2D eigenvalue weighted by molar-refractivity contribution is 6.21. The zero-order valence-electron chi connectivity index (χ0n) is 6.08. The predicted molar refractivity (Wildman–Crippen MR) is 35.9 cm³/mol. The molecule has 5 heteroatoms. The van der Waals surface area contributed by atoms with E-state index in [1.807, 2.05) is 0 Å². The number of ether oxygens (including phenoxy) is 2. The zero-order valence-corrected chi connectivity index (χ0v) is 6.08. The van der Waals surface area contributed by atoms with Gasteiger partial charge in [0.05, 0.1) is 14.2 Å². The molecule has 0 unspecified atom stereocenters. The highest BCUT2D eigenvalue weighted by atomic mass is 16.5. The van der Waals surface area contributed by atoms with Gasteiger partial charge in [-0.25, -0.2) is 15.5 Å². The minimum atomic E-state index is -0.987. The molecule has 60 valence electrons. The lowest BCUT2D eigenvalue weighted by Crippen LogP contribution is -2.16. The van der Waals surface area contributed by atoms with Crippen molar-refractivity contribution in [1.29, 1.82) is 0 Å². The van der Waals surface area contributed by atoms with Gasteiger partial charge < -0.3 is 14.9 Å². The fraction of sp³-hybridized carbons (Fsp3) is 0.333. The molecular formula is C6H6NO4-. The van der Waals surface area contributed by atoms with Crippen LogP contribution in [0.4, 0.5) is 0 Å². The van der Waals surface area contributed by atoms with Crippen LogP contribution in [0.15, 0.2) is 5.57 Å². The van der Waals surface area contributed by atoms with E-state index in [4.69, 9.17) is 5.41 Å². The standard InChI is InChI=1S/C6H6NO4/c1-10-5(8)4(3-7)6(9)11-2/h1-2H3/q-1. The maximum atomic E-state index is 10.6. The Kier molecular flexibility index (Phi) is 3.62. The molecule has 5 nitrogen and oxygen atoms in total. The van der Waals surface area contributed by atoms with Gasteiger partial charge >= 0.3 is 11.9 Å². The first-order chi connectivity index (χ1) is 5.17. The summed E-state index contributed by atoms with van der Waals surface area (Å²) in [6.07, 6.45) is 0. The number of nitrogens with zero attached hydrogens (tertiary/aromatic N) is 1. The van der Waals surface area contributed by atoms with Crippen LogP contribution >= 0.6 is 0 Å². The SMILES string of the molecule is COC(=O)C(=C=[N-])C(=O)OC. The van der Waals surface area contributed by atoms with E-state index in [2.05, 4.69) is 9.47 Å². The Balaban J connectivity index is 4.57. The summed E-state index contributed by atoms with van der Waals surface area (Å²) in [4.78, 5) is 21.1. The number of hydrogen-bond acceptors (Lipinski definition) is 4. The molecule has 0 rings (SSSR count). The predicted octanol–water partition coefficient (Wildman–Crippen LogP) is -0.502. The Morgan fingerprint density at radius 1 is 1.18 bits per heavy atom. The molecule has 0 saturated heterocycles. The van der Waals surface area contributed by atoms with E-state index in [-0.39, 0.29) is 0 Å². The maximum Gasteiger partial charge on any atom is 0.351 e. The van der Waals surface area contributed by atoms with Crippen molar-refractivity contribution in [3.8, 4) is 0 Å². The lowest BCUT2D eigenvalue weighted by molar-refractivity contribution is -0.143. The summed E-state index contributed by atoms with van der Waals surface area (Å²) >= 11 is 0. The number of hydrogen-bond donors (Lipinski definition) is 0. The van der Waals surface area contributed by atoms with Crippen molar-refractivity contribution in [2.45, 2.75) is 0 Å². The van der Waals surface area contributed by atoms with Gasteiger partial charge in [-0.05, 0) is 0 Å². The number of carbonyl (C=O) groups excluding carboxylic acids is 2. The molecule has 0 spiro atoms. The Bertz CT molecular complexity index is 209. The lowest BCUT2D eigenvalue weighted by atomic mass is 10.3. The minimum Gasteiger partial charge on any atom is -0.762 e. The summed E-state index contributed by atoms with van der Waals surface area (Å²) in [5.74, 6) is -0.602. The van der Waals surface area contributed by atoms with Crippen molar-refractivity contribution in [1.82, 2.24) is 0 Å². The fourth-order valence-corrected chi connectivity index (χ4v) is 0.379. The van der Waals surface area contributed by atoms with Crippen LogP contribution < -0.4 is 0 Å². The normalized spacial score (nSPS) is 7.82. The van der Waals surface area contributed by atoms with Crippen LogP contribution in [0, 0.1) is 0 Å². The molecule has 0 N–H and O–H groups in total. The molecule has 0 radical (unpaired) electrons. The first-order valence-electron chi connectivity index (χ1n) is 2.61. The van der Waals surface area contributed by atoms with Gasteiger partial charge in [0.15, 0.2) is 5.57 Å². The van der Waals surface area contributed by atoms with Gasteiger partial charge in [0.2, 0.25) is 0 Å². The Morgan fingerprint density at radius 3 is 1.73 bits per heavy atom. The van der Waals surface area contributed by atoms with Crippen LogP contribution in [0.5, 0.6) is 0 Å². The molecule has 0 aromatic rings. The fourth-order valence-electron chi connectivity index (χ4n) is 0.379. The van der Waals surface area contributed by atoms with E-state index in [1.165, 1.54) is 5.87 Å². The molecule has 0 aromatic carbocycles. The Labute approximate surface area is 63.1 Å². The average molecular weight is 156 g/mol. The second-order valence-corrected chi connectivity index (χ2v) is 1.47. The van der Waals surface area contributed by atoms with E-state index in [0.717, 1.165) is 14.2 Å². The molecular weight excluding hydrogens is 150 g/mol. The second-order valence-electron chi connectivity index (χ2n) is 1.47. The summed E-state index contributed by atoms with van der Waals surface area (Å²) in [5.41, 5.74) is -0.657. The lowest BCUT2D eigenvalue weighted by Gasteiger charge is -2.00. The maximum absolute atomic E-state index is 10.6. The summed E-state index contributed by atoms with van der Waals surface area (Å²) in [6, 6.07) is 0. The molecule has 0 atom stereocenters. The molecule has 0 aliphatic rings. The molecule has 0 fully saturated rings. The molecule has 0 heterocycles. The van der Waals surface area contributed by atoms with Crippen LogP contribution in [0.2, 0.25) is 0 Å². The number of rotatable bonds is 2. The molecule has 0 amide bonds. The molecule has 11 heavy (non-hydrogen) atoms. The monoisotopic (exact) mass is 156 g/mol. The molecule has 0 saturated carbocycles. The Hall–Kier alpha value is -1.61. The summed E-state index contributed by atoms with van der Waals surface area (Å²) in [7, 11) is 2.14. The summed E-state index contributed by atoms with van der Waals surface area (Å²) in [6.45, 7) is 0. The topological polar surface area (TPSA) is 74.9 Å². The van der Waals surface area contributed by atoms with Crippen molar-refractivity contribution in [2.75, 3.05) is 14.2 Å². The third kappa shape index (κ3) is 2.23. The van der Waals surface area contributed by atoms with Crippen molar-refractivity contribution >= 4 is 17.8 Å². The minimum absolute atomic E-state index is 0.657. The third-order valence-corrected chi connectivity index (χ3v) is 0.891. The van der Waals surface area contributed by atoms with Crippen LogP contribution in [0.25, 0.3) is 5.41 Å². The summed E-state index contributed by atoms with van der Waals surface area (Å²) in [5, 5.41) is 8.24. The second kappa shape index (κ2) is 4.24. The summed E-state index contributed by atoms with van der Waals surface area (Å²) < 4.78 is 8.25. The first-order valence-corrected chi connectivity index (χ1v) is 2.61. The van der Waals surface area contributed by atoms with Crippen LogP contribution in [0.3, 0.4) is 0 Å². The van der Waals surface area contributed by atoms with Gasteiger partial charge in [-0.2, -0.15) is 0 Å². The zero-order chi connectivity index (χ0) is 8.85. The third-order valence-electron chi connectivity index (χ3n) is 0.891. The smallest absolute Gasteiger partial charge is 0.351 e. The van der Waals surface area contributed by atoms with Crippen molar-refractivity contribution in [3.05, 3.63) is 11.0 Å². The quantitative estimate of drug-likeness (QED) is 0.177. The largest absolute Gasteiger partial charge is 0.762 e. The van der Waals surface area contributed by atoms with E-state index in [0.29, 0.717) is 0 Å². The van der Waals surface area contributed by atoms with Gasteiger partial charge in [0, 0.05) is 0 Å². The van der Waals surface area contributed by atoms with Gasteiger partial charge in [0.25, 0.3) is 0 Å². The number of carbonyl (C=O) groups is 2. The number of methoxy groups -OCH3 is 2. The first kappa shape index (κ1) is 9.39. The Morgan fingerprint density at radius 2 is 1.55 bits per heavy atom. The van der Waals surface area contributed by atoms with Crippen molar-refractivity contribution < 1.29 is 19.1 Å². The van der Waals surface area contributed by atoms with Gasteiger partial charge in [-0.3, -0.25) is 0 Å². The molecule has 0 bridgehead atoms. The van der Waals surface area contributed by atoms with E-state index in [9.17, 15) is 9.59 Å². The highest BCUT2D eigenvalue weighted by Crippen LogP contribution is 1.94. The molecule has 0 aliphatic heterocycles. The van der Waals surface area contributed by atoms with Gasteiger partial charge in [0.1, 0.15) is 0 Å². The van der Waals surface area contributed by atoms with Gasteiger partial charge in [-0.15, -0.1) is 0 Å². The van der Waals surface area contributed by atoms with E-state index >= 15 is 0 Å². The van der Waals surface area contributed by atoms with Crippen LogP contribution in [-0.4, -0.2) is 32.0 Å². The van der Waals surface area contributed by atoms with Crippen molar-refractivity contribution in [3.63, 3.8) is 0 Å². The van der Waals surface area contributed by atoms with Crippen LogP contribution in [-0.2, 0) is 19.1 Å². The van der Waals surface area contributed by atoms with E-state index in [1.54, 1.807) is 0 Å². The van der Waals surface area contributed by atoms with Crippen LogP contribution in [0.1, 0.15) is 0 Å². The number of esters is 2. The van der Waals surface area contributed by atoms with E-state index < -0.39 is 17.5 Å². The highest BCUT2D eigenvalue weighted by Gasteiger charge is 2.16. The van der Waals surface area contributed by atoms with Crippen molar-refractivity contribution in [2.24, 2.45) is 0 Å². The molecule has 0 aliphatic carbocycles. The van der Waals surface area contributed by atoms with Gasteiger partial charge in [-0.1, -0.05) is 0 Å². The average Bonchev–Trinajstić information content (AvgIpc) is 2.05.